The monoisotopic (exact) mass is 370 g/mol. The number of carbonyl (C=O) groups excluding carboxylic acids is 1. The zero-order valence-electron chi connectivity index (χ0n) is 15.1. The molecule has 0 saturated carbocycles. The molecule has 0 saturated heterocycles. The van der Waals surface area contributed by atoms with E-state index in [1.807, 2.05) is 60.3 Å². The molecule has 2 aromatic heterocycles. The van der Waals surface area contributed by atoms with Gasteiger partial charge in [0.2, 0.25) is 5.13 Å². The number of amides is 1. The maximum Gasteiger partial charge on any atom is 0.260 e. The molecule has 1 unspecified atom stereocenters. The Balaban J connectivity index is 1.49. The SMILES string of the molecule is Cc1cc(C)n(-c2nc(CCNC(=O)C(C)Oc3ccccc3)cs2)n1. The number of aromatic nitrogens is 3. The third-order valence-electron chi connectivity index (χ3n) is 3.84. The van der Waals surface area contributed by atoms with Gasteiger partial charge in [-0.25, -0.2) is 9.67 Å². The summed E-state index contributed by atoms with van der Waals surface area (Å²) in [5.41, 5.74) is 2.97. The van der Waals surface area contributed by atoms with Crippen LogP contribution in [0.5, 0.6) is 5.75 Å². The predicted octanol–water partition coefficient (Wildman–Crippen LogP) is 3.07. The average molecular weight is 370 g/mol. The molecule has 3 rings (SSSR count). The number of para-hydroxylation sites is 1. The second-order valence-electron chi connectivity index (χ2n) is 6.07. The van der Waals surface area contributed by atoms with Crippen molar-refractivity contribution in [3.63, 3.8) is 0 Å². The van der Waals surface area contributed by atoms with Crippen molar-refractivity contribution in [2.45, 2.75) is 33.3 Å². The van der Waals surface area contributed by atoms with Crippen LogP contribution in [0.1, 0.15) is 24.0 Å². The highest BCUT2D eigenvalue weighted by Gasteiger charge is 2.14. The molecule has 0 aliphatic heterocycles. The van der Waals surface area contributed by atoms with Gasteiger partial charge in [-0.3, -0.25) is 4.79 Å². The molecule has 1 aromatic carbocycles. The highest BCUT2D eigenvalue weighted by molar-refractivity contribution is 7.12. The molecular weight excluding hydrogens is 348 g/mol. The lowest BCUT2D eigenvalue weighted by Crippen LogP contribution is -2.37. The summed E-state index contributed by atoms with van der Waals surface area (Å²) in [5, 5.41) is 10.2. The van der Waals surface area contributed by atoms with Gasteiger partial charge in [0.05, 0.1) is 11.4 Å². The Labute approximate surface area is 156 Å². The van der Waals surface area contributed by atoms with Crippen molar-refractivity contribution in [1.82, 2.24) is 20.1 Å². The lowest BCUT2D eigenvalue weighted by molar-refractivity contribution is -0.127. The molecule has 136 valence electrons. The molecule has 3 aromatic rings. The topological polar surface area (TPSA) is 69.0 Å². The molecule has 0 aliphatic carbocycles. The van der Waals surface area contributed by atoms with Crippen molar-refractivity contribution < 1.29 is 9.53 Å². The molecule has 1 N–H and O–H groups in total. The third-order valence-corrected chi connectivity index (χ3v) is 4.70. The van der Waals surface area contributed by atoms with Crippen molar-refractivity contribution in [3.05, 3.63) is 58.9 Å². The number of thiazole rings is 1. The van der Waals surface area contributed by atoms with Crippen molar-refractivity contribution in [1.29, 1.82) is 0 Å². The van der Waals surface area contributed by atoms with Crippen molar-refractivity contribution in [3.8, 4) is 10.9 Å². The predicted molar refractivity (Wildman–Crippen MR) is 102 cm³/mol. The van der Waals surface area contributed by atoms with Gasteiger partial charge in [0, 0.05) is 24.0 Å². The Morgan fingerprint density at radius 3 is 2.77 bits per heavy atom. The van der Waals surface area contributed by atoms with Crippen molar-refractivity contribution >= 4 is 17.2 Å². The number of hydrogen-bond donors (Lipinski definition) is 1. The molecule has 0 aliphatic rings. The first-order valence-corrected chi connectivity index (χ1v) is 9.38. The van der Waals surface area contributed by atoms with Crippen LogP contribution in [-0.4, -0.2) is 33.3 Å². The van der Waals surface area contributed by atoms with Gasteiger partial charge in [-0.05, 0) is 39.0 Å². The summed E-state index contributed by atoms with van der Waals surface area (Å²) >= 11 is 1.55. The van der Waals surface area contributed by atoms with Crippen molar-refractivity contribution in [2.24, 2.45) is 0 Å². The number of nitrogens with one attached hydrogen (secondary N) is 1. The molecule has 7 heteroatoms. The fraction of sp³-hybridized carbons (Fsp3) is 0.316. The number of benzene rings is 1. The molecule has 1 atom stereocenters. The summed E-state index contributed by atoms with van der Waals surface area (Å²) in [6.07, 6.45) is 0.123. The zero-order valence-corrected chi connectivity index (χ0v) is 15.9. The van der Waals surface area contributed by atoms with Gasteiger partial charge >= 0.3 is 0 Å². The van der Waals surface area contributed by atoms with Gasteiger partial charge in [-0.2, -0.15) is 5.10 Å². The first kappa shape index (κ1) is 18.1. The minimum atomic E-state index is -0.543. The summed E-state index contributed by atoms with van der Waals surface area (Å²) in [5.74, 6) is 0.548. The second kappa shape index (κ2) is 8.14. The average Bonchev–Trinajstić information content (AvgIpc) is 3.21. The molecule has 6 nitrogen and oxygen atoms in total. The number of nitrogens with zero attached hydrogens (tertiary/aromatic N) is 3. The number of rotatable bonds is 7. The smallest absolute Gasteiger partial charge is 0.260 e. The molecule has 1 amide bonds. The Hall–Kier alpha value is -2.67. The van der Waals surface area contributed by atoms with Gasteiger partial charge in [-0.1, -0.05) is 18.2 Å². The van der Waals surface area contributed by atoms with Gasteiger partial charge in [0.15, 0.2) is 6.10 Å². The quantitative estimate of drug-likeness (QED) is 0.694. The number of aryl methyl sites for hydroxylation is 2. The summed E-state index contributed by atoms with van der Waals surface area (Å²) in [6, 6.07) is 11.4. The molecular formula is C19H22N4O2S. The van der Waals surface area contributed by atoms with E-state index in [4.69, 9.17) is 4.74 Å². The van der Waals surface area contributed by atoms with Crippen LogP contribution in [0.4, 0.5) is 0 Å². The Kier molecular flexibility index (Phi) is 5.68. The van der Waals surface area contributed by atoms with Gasteiger partial charge in [0.1, 0.15) is 5.75 Å². The van der Waals surface area contributed by atoms with E-state index >= 15 is 0 Å². The Morgan fingerprint density at radius 2 is 2.08 bits per heavy atom. The van der Waals surface area contributed by atoms with Crippen LogP contribution in [0.3, 0.4) is 0 Å². The van der Waals surface area contributed by atoms with Crippen LogP contribution in [-0.2, 0) is 11.2 Å². The molecule has 0 fully saturated rings. The van der Waals surface area contributed by atoms with Gasteiger partial charge < -0.3 is 10.1 Å². The van der Waals surface area contributed by atoms with E-state index in [9.17, 15) is 4.79 Å². The maximum atomic E-state index is 12.1. The van der Waals surface area contributed by atoms with E-state index in [0.717, 1.165) is 22.2 Å². The molecule has 2 heterocycles. The van der Waals surface area contributed by atoms with Crippen LogP contribution >= 0.6 is 11.3 Å². The second-order valence-corrected chi connectivity index (χ2v) is 6.91. The van der Waals surface area contributed by atoms with Crippen LogP contribution < -0.4 is 10.1 Å². The Morgan fingerprint density at radius 1 is 1.31 bits per heavy atom. The van der Waals surface area contributed by atoms with E-state index in [1.54, 1.807) is 18.3 Å². The summed E-state index contributed by atoms with van der Waals surface area (Å²) < 4.78 is 7.46. The zero-order chi connectivity index (χ0) is 18.5. The Bertz CT molecular complexity index is 873. The lowest BCUT2D eigenvalue weighted by Gasteiger charge is -2.14. The number of ether oxygens (including phenoxy) is 1. The minimum absolute atomic E-state index is 0.136. The summed E-state index contributed by atoms with van der Waals surface area (Å²) in [6.45, 7) is 6.23. The van der Waals surface area contributed by atoms with Gasteiger partial charge in [0.25, 0.3) is 5.91 Å². The molecule has 0 spiro atoms. The number of carbonyl (C=O) groups is 1. The summed E-state index contributed by atoms with van der Waals surface area (Å²) in [7, 11) is 0. The first-order valence-electron chi connectivity index (χ1n) is 8.50. The van der Waals surface area contributed by atoms with E-state index in [1.165, 1.54) is 0 Å². The van der Waals surface area contributed by atoms with Crippen LogP contribution in [0, 0.1) is 13.8 Å². The summed E-state index contributed by atoms with van der Waals surface area (Å²) in [4.78, 5) is 16.7. The van der Waals surface area contributed by atoms with Crippen LogP contribution in [0.2, 0.25) is 0 Å². The normalized spacial score (nSPS) is 12.0. The van der Waals surface area contributed by atoms with Gasteiger partial charge in [-0.15, -0.1) is 11.3 Å². The van der Waals surface area contributed by atoms with Crippen LogP contribution in [0.15, 0.2) is 41.8 Å². The largest absolute Gasteiger partial charge is 0.481 e. The fourth-order valence-corrected chi connectivity index (χ4v) is 3.41. The molecule has 0 bridgehead atoms. The highest BCUT2D eigenvalue weighted by atomic mass is 32.1. The van der Waals surface area contributed by atoms with Crippen LogP contribution in [0.25, 0.3) is 5.13 Å². The minimum Gasteiger partial charge on any atom is -0.481 e. The standard InChI is InChI=1S/C19H22N4O2S/c1-13-11-14(2)23(22-13)19-21-16(12-26-19)9-10-20-18(24)15(3)25-17-7-5-4-6-8-17/h4-8,11-12,15H,9-10H2,1-3H3,(H,20,24). The van der Waals surface area contributed by atoms with E-state index in [-0.39, 0.29) is 5.91 Å². The lowest BCUT2D eigenvalue weighted by atomic mass is 10.3. The highest BCUT2D eigenvalue weighted by Crippen LogP contribution is 2.17. The molecule has 26 heavy (non-hydrogen) atoms. The van der Waals surface area contributed by atoms with Crippen molar-refractivity contribution in [2.75, 3.05) is 6.54 Å². The maximum absolute atomic E-state index is 12.1. The number of hydrogen-bond acceptors (Lipinski definition) is 5. The van der Waals surface area contributed by atoms with E-state index in [0.29, 0.717) is 18.7 Å². The molecule has 0 radical (unpaired) electrons. The fourth-order valence-electron chi connectivity index (χ4n) is 2.55. The third kappa shape index (κ3) is 4.49. The first-order chi connectivity index (χ1) is 12.5. The van der Waals surface area contributed by atoms with E-state index < -0.39 is 6.10 Å². The van der Waals surface area contributed by atoms with E-state index in [2.05, 4.69) is 15.4 Å².